The van der Waals surface area contributed by atoms with E-state index in [0.717, 1.165) is 30.8 Å². The molecular formula is C19H21NO3. The van der Waals surface area contributed by atoms with Crippen LogP contribution in [0.1, 0.15) is 24.0 Å². The molecule has 1 aromatic rings. The number of allylic oxidation sites excluding steroid dienone is 1. The van der Waals surface area contributed by atoms with Gasteiger partial charge in [0.1, 0.15) is 12.2 Å². The molecule has 6 atom stereocenters. The summed E-state index contributed by atoms with van der Waals surface area (Å²) in [5.41, 5.74) is 2.49. The van der Waals surface area contributed by atoms with E-state index in [0.29, 0.717) is 17.9 Å². The predicted molar refractivity (Wildman–Crippen MR) is 87.5 cm³/mol. The summed E-state index contributed by atoms with van der Waals surface area (Å²) in [4.78, 5) is 4.41. The minimum absolute atomic E-state index is 0.127. The average molecular weight is 311 g/mol. The van der Waals surface area contributed by atoms with E-state index in [9.17, 15) is 5.11 Å². The molecule has 0 radical (unpaired) electrons. The predicted octanol–water partition coefficient (Wildman–Crippen LogP) is 2.28. The van der Waals surface area contributed by atoms with Gasteiger partial charge < -0.3 is 14.6 Å². The summed E-state index contributed by atoms with van der Waals surface area (Å²) in [5, 5.41) is 10.6. The van der Waals surface area contributed by atoms with Crippen molar-refractivity contribution >= 4 is 6.72 Å². The van der Waals surface area contributed by atoms with Crippen LogP contribution < -0.4 is 9.47 Å². The Labute approximate surface area is 135 Å². The van der Waals surface area contributed by atoms with Crippen molar-refractivity contribution in [2.24, 2.45) is 16.8 Å². The molecule has 1 spiro atoms. The normalized spacial score (nSPS) is 41.9. The summed E-state index contributed by atoms with van der Waals surface area (Å²) in [6.07, 6.45) is 6.34. The van der Waals surface area contributed by atoms with Gasteiger partial charge in [-0.1, -0.05) is 18.2 Å². The third-order valence-corrected chi connectivity index (χ3v) is 6.57. The molecule has 23 heavy (non-hydrogen) atoms. The average Bonchev–Trinajstić information content (AvgIpc) is 2.91. The van der Waals surface area contributed by atoms with Gasteiger partial charge in [0.2, 0.25) is 0 Å². The van der Waals surface area contributed by atoms with Gasteiger partial charge in [-0.2, -0.15) is 0 Å². The highest BCUT2D eigenvalue weighted by Crippen LogP contribution is 2.64. The number of nitrogens with zero attached hydrogens (tertiary/aromatic N) is 1. The van der Waals surface area contributed by atoms with E-state index in [4.69, 9.17) is 9.47 Å². The van der Waals surface area contributed by atoms with Gasteiger partial charge in [-0.05, 0) is 49.4 Å². The van der Waals surface area contributed by atoms with Crippen molar-refractivity contribution in [2.45, 2.75) is 42.9 Å². The third kappa shape index (κ3) is 1.44. The van der Waals surface area contributed by atoms with E-state index < -0.39 is 6.10 Å². The van der Waals surface area contributed by atoms with Crippen molar-refractivity contribution < 1.29 is 14.6 Å². The molecule has 5 rings (SSSR count). The standard InChI is InChI=1S/C19H21NO3/c1-20-13-7-8-19-12-4-5-14(21)18(19)23-17-15(22-2)6-3-10(16(17)19)9-11(12)13/h3-6,11-14,18,21H,1,7-9H2,2H3. The molecule has 1 N–H and O–H groups in total. The highest BCUT2D eigenvalue weighted by atomic mass is 16.5. The maximum Gasteiger partial charge on any atom is 0.165 e. The van der Waals surface area contributed by atoms with Crippen LogP contribution in [0.5, 0.6) is 11.5 Å². The number of rotatable bonds is 2. The Kier molecular flexibility index (Phi) is 2.59. The lowest BCUT2D eigenvalue weighted by molar-refractivity contribution is -0.0315. The highest BCUT2D eigenvalue weighted by molar-refractivity contribution is 5.62. The van der Waals surface area contributed by atoms with Crippen LogP contribution in [-0.2, 0) is 11.8 Å². The topological polar surface area (TPSA) is 51.0 Å². The first-order chi connectivity index (χ1) is 11.2. The van der Waals surface area contributed by atoms with Crippen molar-refractivity contribution in [1.29, 1.82) is 0 Å². The number of benzene rings is 1. The Morgan fingerprint density at radius 2 is 2.26 bits per heavy atom. The molecule has 1 heterocycles. The zero-order chi connectivity index (χ0) is 15.8. The van der Waals surface area contributed by atoms with Crippen LogP contribution in [-0.4, -0.2) is 37.2 Å². The van der Waals surface area contributed by atoms with Crippen LogP contribution >= 0.6 is 0 Å². The monoisotopic (exact) mass is 311 g/mol. The summed E-state index contributed by atoms with van der Waals surface area (Å²) in [7, 11) is 1.68. The molecule has 1 aliphatic heterocycles. The van der Waals surface area contributed by atoms with Crippen LogP contribution in [0.25, 0.3) is 0 Å². The molecule has 4 heteroatoms. The van der Waals surface area contributed by atoms with E-state index in [1.165, 1.54) is 11.1 Å². The Bertz CT molecular complexity index is 728. The van der Waals surface area contributed by atoms with E-state index in [-0.39, 0.29) is 11.5 Å². The van der Waals surface area contributed by atoms with Gasteiger partial charge in [0.05, 0.1) is 13.2 Å². The molecule has 0 saturated heterocycles. The fourth-order valence-corrected chi connectivity index (χ4v) is 5.72. The first-order valence-electron chi connectivity index (χ1n) is 8.40. The lowest BCUT2D eigenvalue weighted by Crippen LogP contribution is -2.60. The maximum atomic E-state index is 10.6. The Hall–Kier alpha value is -1.81. The minimum atomic E-state index is -0.566. The zero-order valence-electron chi connectivity index (χ0n) is 13.2. The van der Waals surface area contributed by atoms with E-state index >= 15 is 0 Å². The summed E-state index contributed by atoms with van der Waals surface area (Å²) >= 11 is 0. The second-order valence-electron chi connectivity index (χ2n) is 7.27. The molecule has 4 aliphatic rings. The van der Waals surface area contributed by atoms with Crippen molar-refractivity contribution in [3.63, 3.8) is 0 Å². The number of methoxy groups -OCH3 is 1. The molecule has 1 aromatic carbocycles. The first kappa shape index (κ1) is 13.6. The van der Waals surface area contributed by atoms with Crippen LogP contribution in [0, 0.1) is 11.8 Å². The van der Waals surface area contributed by atoms with Gasteiger partial charge in [-0.15, -0.1) is 0 Å². The molecular weight excluding hydrogens is 290 g/mol. The molecule has 6 unspecified atom stereocenters. The number of aliphatic hydroxyl groups is 1. The fourth-order valence-electron chi connectivity index (χ4n) is 5.72. The summed E-state index contributed by atoms with van der Waals surface area (Å²) in [6, 6.07) is 4.46. The summed E-state index contributed by atoms with van der Waals surface area (Å²) < 4.78 is 11.8. The highest BCUT2D eigenvalue weighted by Gasteiger charge is 2.64. The third-order valence-electron chi connectivity index (χ3n) is 6.57. The molecule has 1 saturated carbocycles. The molecule has 0 aromatic heterocycles. The van der Waals surface area contributed by atoms with Gasteiger partial charge >= 0.3 is 0 Å². The van der Waals surface area contributed by atoms with Crippen molar-refractivity contribution in [3.8, 4) is 11.5 Å². The first-order valence-corrected chi connectivity index (χ1v) is 8.40. The van der Waals surface area contributed by atoms with Crippen molar-refractivity contribution in [1.82, 2.24) is 0 Å². The van der Waals surface area contributed by atoms with E-state index in [1.54, 1.807) is 7.11 Å². The number of aliphatic imine (C=N–C) groups is 1. The molecule has 0 amide bonds. The zero-order valence-corrected chi connectivity index (χ0v) is 13.2. The molecule has 1 fully saturated rings. The Morgan fingerprint density at radius 3 is 3.04 bits per heavy atom. The minimum Gasteiger partial charge on any atom is -0.493 e. The second kappa shape index (κ2) is 4.38. The van der Waals surface area contributed by atoms with Crippen LogP contribution in [0.2, 0.25) is 0 Å². The van der Waals surface area contributed by atoms with Crippen molar-refractivity contribution in [2.75, 3.05) is 7.11 Å². The van der Waals surface area contributed by atoms with Gasteiger partial charge in [0.15, 0.2) is 11.5 Å². The van der Waals surface area contributed by atoms with E-state index in [2.05, 4.69) is 23.9 Å². The summed E-state index contributed by atoms with van der Waals surface area (Å²) in [6.45, 7) is 3.82. The SMILES string of the molecule is C=NC1CCC23c4c5ccc(OC)c4OC2C(O)C=CC3C1C5. The molecule has 2 bridgehead atoms. The van der Waals surface area contributed by atoms with Crippen LogP contribution in [0.3, 0.4) is 0 Å². The van der Waals surface area contributed by atoms with Crippen molar-refractivity contribution in [3.05, 3.63) is 35.4 Å². The lowest BCUT2D eigenvalue weighted by atomic mass is 9.49. The van der Waals surface area contributed by atoms with Gasteiger partial charge in [0, 0.05) is 11.0 Å². The molecule has 120 valence electrons. The smallest absolute Gasteiger partial charge is 0.165 e. The largest absolute Gasteiger partial charge is 0.493 e. The molecule has 3 aliphatic carbocycles. The Balaban J connectivity index is 1.80. The van der Waals surface area contributed by atoms with Crippen LogP contribution in [0.15, 0.2) is 29.3 Å². The number of hydrogen-bond donors (Lipinski definition) is 1. The van der Waals surface area contributed by atoms with Gasteiger partial charge in [-0.3, -0.25) is 4.99 Å². The van der Waals surface area contributed by atoms with E-state index in [1.807, 2.05) is 12.1 Å². The fraction of sp³-hybridized carbons (Fsp3) is 0.526. The van der Waals surface area contributed by atoms with Gasteiger partial charge in [-0.25, -0.2) is 0 Å². The number of ether oxygens (including phenoxy) is 2. The quantitative estimate of drug-likeness (QED) is 0.673. The van der Waals surface area contributed by atoms with Crippen LogP contribution in [0.4, 0.5) is 0 Å². The maximum absolute atomic E-state index is 10.6. The number of aliphatic hydroxyl groups excluding tert-OH is 1. The Morgan fingerprint density at radius 1 is 1.39 bits per heavy atom. The lowest BCUT2D eigenvalue weighted by Gasteiger charge is -2.55. The van der Waals surface area contributed by atoms with Gasteiger partial charge in [0.25, 0.3) is 0 Å². The summed E-state index contributed by atoms with van der Waals surface area (Å²) in [5.74, 6) is 2.44. The number of hydrogen-bond acceptors (Lipinski definition) is 4. The second-order valence-corrected chi connectivity index (χ2v) is 7.27. The molecule has 4 nitrogen and oxygen atoms in total.